The molecule has 0 unspecified atom stereocenters. The Morgan fingerprint density at radius 2 is 2.15 bits per heavy atom. The fourth-order valence-corrected chi connectivity index (χ4v) is 3.98. The Labute approximate surface area is 159 Å². The van der Waals surface area contributed by atoms with Crippen LogP contribution in [0.3, 0.4) is 0 Å². The molecular weight excluding hydrogens is 340 g/mol. The number of aromatic nitrogens is 3. The topological polar surface area (TPSA) is 74.2 Å². The zero-order valence-electron chi connectivity index (χ0n) is 16.0. The van der Waals surface area contributed by atoms with Gasteiger partial charge in [-0.3, -0.25) is 9.78 Å². The van der Waals surface area contributed by atoms with Gasteiger partial charge in [0.05, 0.1) is 5.69 Å². The van der Waals surface area contributed by atoms with Gasteiger partial charge < -0.3 is 15.1 Å². The molecule has 1 atom stereocenters. The number of nitrogens with zero attached hydrogens (tertiary/aromatic N) is 5. The maximum Gasteiger partial charge on any atom is 0.272 e. The van der Waals surface area contributed by atoms with Crippen LogP contribution in [0.2, 0.25) is 0 Å². The summed E-state index contributed by atoms with van der Waals surface area (Å²) in [5, 5.41) is 3.25. The van der Waals surface area contributed by atoms with E-state index in [1.165, 1.54) is 5.56 Å². The van der Waals surface area contributed by atoms with Crippen molar-refractivity contribution in [1.82, 2.24) is 24.8 Å². The third-order valence-electron chi connectivity index (χ3n) is 5.46. The fourth-order valence-electron chi connectivity index (χ4n) is 3.98. The molecule has 2 aromatic rings. The monoisotopic (exact) mass is 366 g/mol. The molecular formula is C20H26N6O. The number of fused-ring (bicyclic) bond motifs is 1. The number of carbonyl (C=O) groups is 1. The van der Waals surface area contributed by atoms with Crippen LogP contribution in [0.25, 0.3) is 0 Å². The molecule has 7 nitrogen and oxygen atoms in total. The van der Waals surface area contributed by atoms with Crippen LogP contribution in [0, 0.1) is 0 Å². The van der Waals surface area contributed by atoms with Crippen LogP contribution < -0.4 is 5.32 Å². The van der Waals surface area contributed by atoms with Gasteiger partial charge >= 0.3 is 0 Å². The van der Waals surface area contributed by atoms with E-state index in [9.17, 15) is 4.79 Å². The van der Waals surface area contributed by atoms with Crippen LogP contribution in [0.5, 0.6) is 0 Å². The van der Waals surface area contributed by atoms with Gasteiger partial charge in [0, 0.05) is 57.3 Å². The summed E-state index contributed by atoms with van der Waals surface area (Å²) in [7, 11) is 4.04. The number of pyridine rings is 1. The van der Waals surface area contributed by atoms with Gasteiger partial charge in [-0.15, -0.1) is 0 Å². The van der Waals surface area contributed by atoms with E-state index in [1.54, 1.807) is 12.3 Å². The zero-order chi connectivity index (χ0) is 18.8. The average molecular weight is 366 g/mol. The third-order valence-corrected chi connectivity index (χ3v) is 5.46. The Hall–Kier alpha value is -2.54. The molecule has 2 aliphatic heterocycles. The second kappa shape index (κ2) is 7.60. The number of hydrogen-bond donors (Lipinski definition) is 1. The maximum atomic E-state index is 12.8. The molecule has 2 aliphatic rings. The summed E-state index contributed by atoms with van der Waals surface area (Å²) in [6, 6.07) is 5.45. The molecule has 0 aromatic carbocycles. The van der Waals surface area contributed by atoms with Gasteiger partial charge in [0.15, 0.2) is 0 Å². The lowest BCUT2D eigenvalue weighted by Gasteiger charge is -2.33. The smallest absolute Gasteiger partial charge is 0.272 e. The molecule has 2 aromatic heterocycles. The zero-order valence-corrected chi connectivity index (χ0v) is 16.0. The first kappa shape index (κ1) is 17.9. The van der Waals surface area contributed by atoms with E-state index in [4.69, 9.17) is 9.97 Å². The Bertz CT molecular complexity index is 807. The van der Waals surface area contributed by atoms with Gasteiger partial charge in [-0.05, 0) is 32.0 Å². The van der Waals surface area contributed by atoms with Crippen molar-refractivity contribution in [3.63, 3.8) is 0 Å². The molecule has 142 valence electrons. The average Bonchev–Trinajstić information content (AvgIpc) is 2.73. The molecule has 0 aliphatic carbocycles. The molecule has 0 radical (unpaired) electrons. The van der Waals surface area contributed by atoms with Gasteiger partial charge in [-0.2, -0.15) is 0 Å². The second-order valence-electron chi connectivity index (χ2n) is 7.40. The Kier molecular flexibility index (Phi) is 5.03. The minimum absolute atomic E-state index is 0.00581. The molecule has 1 amide bonds. The number of piperidine rings is 1. The number of anilines is 1. The first-order valence-electron chi connectivity index (χ1n) is 9.62. The van der Waals surface area contributed by atoms with Gasteiger partial charge in [0.25, 0.3) is 5.91 Å². The number of amides is 1. The van der Waals surface area contributed by atoms with Crippen molar-refractivity contribution in [3.8, 4) is 0 Å². The number of likely N-dealkylation sites (tertiary alicyclic amines) is 1. The van der Waals surface area contributed by atoms with Gasteiger partial charge in [0.2, 0.25) is 0 Å². The molecule has 0 bridgehead atoms. The highest BCUT2D eigenvalue weighted by atomic mass is 16.2. The van der Waals surface area contributed by atoms with E-state index in [0.29, 0.717) is 12.2 Å². The predicted molar refractivity (Wildman–Crippen MR) is 104 cm³/mol. The van der Waals surface area contributed by atoms with Gasteiger partial charge in [-0.1, -0.05) is 6.07 Å². The summed E-state index contributed by atoms with van der Waals surface area (Å²) >= 11 is 0. The van der Waals surface area contributed by atoms with Crippen molar-refractivity contribution in [2.75, 3.05) is 39.0 Å². The minimum atomic E-state index is -0.00581. The summed E-state index contributed by atoms with van der Waals surface area (Å²) in [5.41, 5.74) is 2.85. The maximum absolute atomic E-state index is 12.8. The van der Waals surface area contributed by atoms with Crippen LogP contribution in [0.15, 0.2) is 24.4 Å². The molecule has 1 N–H and O–H groups in total. The highest BCUT2D eigenvalue weighted by Crippen LogP contribution is 2.29. The standard InChI is InChI=1S/C20H26N6O/c1-21-19-15-13-25(2)11-8-16(15)23-18(24-19)14-6-5-10-26(12-14)20(27)17-7-3-4-9-22-17/h3-4,7,9,14H,5-6,8,10-13H2,1-2H3,(H,21,23,24)/t14-/m0/s1. The largest absolute Gasteiger partial charge is 0.373 e. The molecule has 4 rings (SSSR count). The normalized spacial score (nSPS) is 20.2. The number of likely N-dealkylation sites (N-methyl/N-ethyl adjacent to an activating group) is 1. The van der Waals surface area contributed by atoms with Crippen LogP contribution in [0.4, 0.5) is 5.82 Å². The summed E-state index contributed by atoms with van der Waals surface area (Å²) in [6.07, 6.45) is 4.58. The highest BCUT2D eigenvalue weighted by Gasteiger charge is 2.29. The molecule has 27 heavy (non-hydrogen) atoms. The molecule has 4 heterocycles. The van der Waals surface area contributed by atoms with Gasteiger partial charge in [-0.25, -0.2) is 9.97 Å². The van der Waals surface area contributed by atoms with E-state index in [0.717, 1.165) is 56.2 Å². The first-order valence-corrected chi connectivity index (χ1v) is 9.62. The lowest BCUT2D eigenvalue weighted by Crippen LogP contribution is -2.40. The van der Waals surface area contributed by atoms with Crippen LogP contribution in [0.1, 0.15) is 46.3 Å². The van der Waals surface area contributed by atoms with E-state index in [2.05, 4.69) is 22.2 Å². The third kappa shape index (κ3) is 3.64. The summed E-state index contributed by atoms with van der Waals surface area (Å²) in [4.78, 5) is 30.9. The van der Waals surface area contributed by atoms with Crippen molar-refractivity contribution in [3.05, 3.63) is 47.2 Å². The van der Waals surface area contributed by atoms with E-state index in [1.807, 2.05) is 24.1 Å². The molecule has 1 saturated heterocycles. The van der Waals surface area contributed by atoms with Crippen molar-refractivity contribution in [2.24, 2.45) is 0 Å². The summed E-state index contributed by atoms with van der Waals surface area (Å²) < 4.78 is 0. The van der Waals surface area contributed by atoms with Crippen molar-refractivity contribution >= 4 is 11.7 Å². The number of rotatable bonds is 3. The van der Waals surface area contributed by atoms with E-state index >= 15 is 0 Å². The summed E-state index contributed by atoms with van der Waals surface area (Å²) in [6.45, 7) is 3.31. The number of carbonyl (C=O) groups excluding carboxylic acids is 1. The second-order valence-corrected chi connectivity index (χ2v) is 7.40. The molecule has 1 fully saturated rings. The van der Waals surface area contributed by atoms with Crippen molar-refractivity contribution in [2.45, 2.75) is 31.7 Å². The Morgan fingerprint density at radius 3 is 2.93 bits per heavy atom. The Morgan fingerprint density at radius 1 is 1.26 bits per heavy atom. The van der Waals surface area contributed by atoms with Crippen LogP contribution >= 0.6 is 0 Å². The molecule has 7 heteroatoms. The van der Waals surface area contributed by atoms with Gasteiger partial charge in [0.1, 0.15) is 17.3 Å². The lowest BCUT2D eigenvalue weighted by molar-refractivity contribution is 0.0698. The van der Waals surface area contributed by atoms with Crippen molar-refractivity contribution in [1.29, 1.82) is 0 Å². The highest BCUT2D eigenvalue weighted by molar-refractivity contribution is 5.92. The molecule has 0 spiro atoms. The SMILES string of the molecule is CNc1nc([C@H]2CCCN(C(=O)c3ccccn3)C2)nc2c1CN(C)CC2. The number of hydrogen-bond acceptors (Lipinski definition) is 6. The lowest BCUT2D eigenvalue weighted by atomic mass is 9.96. The number of nitrogens with one attached hydrogen (secondary N) is 1. The van der Waals surface area contributed by atoms with Crippen LogP contribution in [-0.4, -0.2) is 64.4 Å². The molecule has 0 saturated carbocycles. The minimum Gasteiger partial charge on any atom is -0.373 e. The van der Waals surface area contributed by atoms with Crippen LogP contribution in [-0.2, 0) is 13.0 Å². The van der Waals surface area contributed by atoms with E-state index < -0.39 is 0 Å². The Balaban J connectivity index is 1.57. The quantitative estimate of drug-likeness (QED) is 0.895. The predicted octanol–water partition coefficient (Wildman–Crippen LogP) is 1.92. The van der Waals surface area contributed by atoms with E-state index in [-0.39, 0.29) is 11.8 Å². The first-order chi connectivity index (χ1) is 13.2. The fraction of sp³-hybridized carbons (Fsp3) is 0.500. The van der Waals surface area contributed by atoms with Crippen molar-refractivity contribution < 1.29 is 4.79 Å². The summed E-state index contributed by atoms with van der Waals surface area (Å²) in [5.74, 6) is 1.95.